The maximum absolute atomic E-state index is 12.2. The summed E-state index contributed by atoms with van der Waals surface area (Å²) < 4.78 is 5.17. The van der Waals surface area contributed by atoms with Gasteiger partial charge in [-0.2, -0.15) is 0 Å². The number of nitrogens with zero attached hydrogens (tertiary/aromatic N) is 2. The molecule has 154 valence electrons. The summed E-state index contributed by atoms with van der Waals surface area (Å²) in [5.41, 5.74) is 2.01. The summed E-state index contributed by atoms with van der Waals surface area (Å²) in [5, 5.41) is 15.1. The van der Waals surface area contributed by atoms with Gasteiger partial charge >= 0.3 is 5.97 Å². The number of nitro benzene ring substituents is 1. The fourth-order valence-corrected chi connectivity index (χ4v) is 3.51. The van der Waals surface area contributed by atoms with E-state index in [4.69, 9.17) is 4.74 Å². The van der Waals surface area contributed by atoms with E-state index in [0.29, 0.717) is 5.03 Å². The minimum Gasteiger partial charge on any atom is -0.452 e. The molecule has 0 aliphatic rings. The van der Waals surface area contributed by atoms with E-state index in [9.17, 15) is 19.7 Å². The Balaban J connectivity index is 1.55. The molecular weight excluding hydrogens is 406 g/mol. The minimum atomic E-state index is -1.05. The first-order valence-corrected chi connectivity index (χ1v) is 10.1. The molecule has 0 fully saturated rings. The number of thioether (sulfide) groups is 1. The van der Waals surface area contributed by atoms with Crippen molar-refractivity contribution >= 4 is 45.9 Å². The van der Waals surface area contributed by atoms with E-state index in [2.05, 4.69) is 10.3 Å². The van der Waals surface area contributed by atoms with Crippen molar-refractivity contribution in [3.05, 3.63) is 70.3 Å². The van der Waals surface area contributed by atoms with Crippen LogP contribution in [0.25, 0.3) is 10.9 Å². The highest BCUT2D eigenvalue weighted by atomic mass is 32.2. The molecule has 0 spiro atoms. The lowest BCUT2D eigenvalue weighted by Gasteiger charge is -2.13. The normalized spacial score (nSPS) is 11.7. The number of ether oxygens (including phenoxy) is 1. The Morgan fingerprint density at radius 1 is 1.20 bits per heavy atom. The van der Waals surface area contributed by atoms with Gasteiger partial charge in [0.2, 0.25) is 0 Å². The molecule has 1 aromatic heterocycles. The fraction of sp³-hybridized carbons (Fsp3) is 0.190. The lowest BCUT2D eigenvalue weighted by atomic mass is 10.1. The van der Waals surface area contributed by atoms with Gasteiger partial charge in [-0.05, 0) is 37.6 Å². The number of hydrogen-bond donors (Lipinski definition) is 1. The lowest BCUT2D eigenvalue weighted by Crippen LogP contribution is -2.30. The lowest BCUT2D eigenvalue weighted by molar-refractivity contribution is -0.384. The van der Waals surface area contributed by atoms with Crippen LogP contribution in [-0.4, -0.2) is 33.6 Å². The van der Waals surface area contributed by atoms with E-state index in [1.807, 2.05) is 37.3 Å². The SMILES string of the molecule is Cc1cc(SCC(=O)OC(C)C(=O)Nc2cccc([N+](=O)[O-])c2)nc2ccccc12. The van der Waals surface area contributed by atoms with Gasteiger partial charge in [-0.1, -0.05) is 36.0 Å². The highest BCUT2D eigenvalue weighted by Gasteiger charge is 2.19. The molecule has 1 N–H and O–H groups in total. The monoisotopic (exact) mass is 425 g/mol. The van der Waals surface area contributed by atoms with Crippen molar-refractivity contribution in [3.63, 3.8) is 0 Å². The van der Waals surface area contributed by atoms with Crippen LogP contribution in [0.4, 0.5) is 11.4 Å². The van der Waals surface area contributed by atoms with E-state index in [0.717, 1.165) is 16.5 Å². The second-order valence-electron chi connectivity index (χ2n) is 6.51. The Hall–Kier alpha value is -3.46. The van der Waals surface area contributed by atoms with Crippen molar-refractivity contribution in [1.29, 1.82) is 0 Å². The molecule has 0 bridgehead atoms. The highest BCUT2D eigenvalue weighted by Crippen LogP contribution is 2.24. The summed E-state index contributed by atoms with van der Waals surface area (Å²) >= 11 is 1.23. The molecule has 0 aliphatic heterocycles. The molecule has 0 saturated heterocycles. The average Bonchev–Trinajstić information content (AvgIpc) is 2.72. The molecule has 3 rings (SSSR count). The van der Waals surface area contributed by atoms with Gasteiger partial charge in [-0.3, -0.25) is 19.7 Å². The Labute approximate surface area is 176 Å². The molecule has 0 aliphatic carbocycles. The summed E-state index contributed by atoms with van der Waals surface area (Å²) in [6.07, 6.45) is -1.05. The number of para-hydroxylation sites is 1. The first-order chi connectivity index (χ1) is 14.3. The summed E-state index contributed by atoms with van der Waals surface area (Å²) in [6.45, 7) is 3.42. The zero-order valence-corrected chi connectivity index (χ0v) is 17.1. The number of esters is 1. The van der Waals surface area contributed by atoms with Crippen LogP contribution in [-0.2, 0) is 14.3 Å². The van der Waals surface area contributed by atoms with Gasteiger partial charge in [0.05, 0.1) is 21.2 Å². The predicted octanol–water partition coefficient (Wildman–Crippen LogP) is 4.11. The topological polar surface area (TPSA) is 111 Å². The second kappa shape index (κ2) is 9.36. The van der Waals surface area contributed by atoms with Crippen LogP contribution in [0, 0.1) is 17.0 Å². The number of fused-ring (bicyclic) bond motifs is 1. The number of benzene rings is 2. The number of aryl methyl sites for hydroxylation is 1. The van der Waals surface area contributed by atoms with Crippen LogP contribution < -0.4 is 5.32 Å². The minimum absolute atomic E-state index is 0.000785. The quantitative estimate of drug-likeness (QED) is 0.262. The van der Waals surface area contributed by atoms with Crippen LogP contribution in [0.5, 0.6) is 0 Å². The molecule has 1 atom stereocenters. The predicted molar refractivity (Wildman–Crippen MR) is 114 cm³/mol. The maximum Gasteiger partial charge on any atom is 0.317 e. The number of non-ortho nitro benzene ring substituents is 1. The van der Waals surface area contributed by atoms with Crippen LogP contribution >= 0.6 is 11.8 Å². The number of anilines is 1. The molecule has 1 heterocycles. The summed E-state index contributed by atoms with van der Waals surface area (Å²) in [7, 11) is 0. The Kier molecular flexibility index (Phi) is 6.63. The molecule has 1 unspecified atom stereocenters. The Morgan fingerprint density at radius 2 is 1.97 bits per heavy atom. The largest absolute Gasteiger partial charge is 0.452 e. The van der Waals surface area contributed by atoms with Gasteiger partial charge in [-0.15, -0.1) is 0 Å². The number of hydrogen-bond acceptors (Lipinski definition) is 7. The van der Waals surface area contributed by atoms with E-state index >= 15 is 0 Å². The zero-order chi connectivity index (χ0) is 21.7. The van der Waals surface area contributed by atoms with E-state index in [-0.39, 0.29) is 17.1 Å². The molecular formula is C21H19N3O5S. The third-order valence-electron chi connectivity index (χ3n) is 4.24. The van der Waals surface area contributed by atoms with Gasteiger partial charge in [-0.25, -0.2) is 4.98 Å². The molecule has 0 saturated carbocycles. The van der Waals surface area contributed by atoms with Crippen molar-refractivity contribution in [2.75, 3.05) is 11.1 Å². The molecule has 9 heteroatoms. The van der Waals surface area contributed by atoms with E-state index < -0.39 is 22.9 Å². The van der Waals surface area contributed by atoms with Crippen molar-refractivity contribution in [2.45, 2.75) is 25.0 Å². The Morgan fingerprint density at radius 3 is 2.73 bits per heavy atom. The van der Waals surface area contributed by atoms with Crippen molar-refractivity contribution in [1.82, 2.24) is 4.98 Å². The smallest absolute Gasteiger partial charge is 0.317 e. The van der Waals surface area contributed by atoms with Crippen molar-refractivity contribution < 1.29 is 19.2 Å². The third kappa shape index (κ3) is 5.32. The average molecular weight is 425 g/mol. The van der Waals surface area contributed by atoms with Crippen LogP contribution in [0.3, 0.4) is 0 Å². The second-order valence-corrected chi connectivity index (χ2v) is 7.51. The van der Waals surface area contributed by atoms with E-state index in [1.165, 1.54) is 43.0 Å². The number of carbonyl (C=O) groups is 2. The third-order valence-corrected chi connectivity index (χ3v) is 5.12. The zero-order valence-electron chi connectivity index (χ0n) is 16.3. The standard InChI is InChI=1S/C21H19N3O5S/c1-13-10-19(23-18-9-4-3-8-17(13)18)30-12-20(25)29-14(2)21(26)22-15-6-5-7-16(11-15)24(27)28/h3-11,14H,12H2,1-2H3,(H,22,26). The van der Waals surface area contributed by atoms with Gasteiger partial charge in [0, 0.05) is 23.2 Å². The van der Waals surface area contributed by atoms with Crippen LogP contribution in [0.1, 0.15) is 12.5 Å². The van der Waals surface area contributed by atoms with Crippen LogP contribution in [0.2, 0.25) is 0 Å². The number of aromatic nitrogens is 1. The van der Waals surface area contributed by atoms with Gasteiger partial charge in [0.15, 0.2) is 6.10 Å². The molecule has 0 radical (unpaired) electrons. The number of carbonyl (C=O) groups excluding carboxylic acids is 2. The fourth-order valence-electron chi connectivity index (χ4n) is 2.75. The van der Waals surface area contributed by atoms with Crippen molar-refractivity contribution in [3.8, 4) is 0 Å². The molecule has 1 amide bonds. The van der Waals surface area contributed by atoms with Gasteiger partial charge in [0.1, 0.15) is 0 Å². The van der Waals surface area contributed by atoms with Gasteiger partial charge in [0.25, 0.3) is 11.6 Å². The highest BCUT2D eigenvalue weighted by molar-refractivity contribution is 7.99. The molecule has 30 heavy (non-hydrogen) atoms. The Bertz CT molecular complexity index is 1120. The number of nitrogens with one attached hydrogen (secondary N) is 1. The van der Waals surface area contributed by atoms with Gasteiger partial charge < -0.3 is 10.1 Å². The summed E-state index contributed by atoms with van der Waals surface area (Å²) in [5.74, 6) is -1.14. The molecule has 2 aromatic carbocycles. The first kappa shape index (κ1) is 21.3. The van der Waals surface area contributed by atoms with Crippen molar-refractivity contribution in [2.24, 2.45) is 0 Å². The first-order valence-electron chi connectivity index (χ1n) is 9.07. The number of amides is 1. The summed E-state index contributed by atoms with van der Waals surface area (Å²) in [4.78, 5) is 39.1. The summed E-state index contributed by atoms with van der Waals surface area (Å²) in [6, 6.07) is 15.2. The number of nitro groups is 1. The molecule has 3 aromatic rings. The number of pyridine rings is 1. The number of rotatable bonds is 7. The molecule has 8 nitrogen and oxygen atoms in total. The van der Waals surface area contributed by atoms with E-state index in [1.54, 1.807) is 0 Å². The van der Waals surface area contributed by atoms with Crippen LogP contribution in [0.15, 0.2) is 59.6 Å². The maximum atomic E-state index is 12.2.